The number of ether oxygens (including phenoxy) is 1. The zero-order valence-electron chi connectivity index (χ0n) is 11.0. The average Bonchev–Trinajstić information content (AvgIpc) is 2.40. The molecule has 3 nitrogen and oxygen atoms in total. The fourth-order valence-corrected chi connectivity index (χ4v) is 2.65. The molecule has 0 aromatic carbocycles. The highest BCUT2D eigenvalue weighted by atomic mass is 16.5. The molecule has 0 unspecified atom stereocenters. The maximum Gasteiger partial charge on any atom is 0.212 e. The van der Waals surface area contributed by atoms with Crippen LogP contribution in [0.15, 0.2) is 18.3 Å². The van der Waals surface area contributed by atoms with Gasteiger partial charge in [0, 0.05) is 25.1 Å². The second-order valence-corrected chi connectivity index (χ2v) is 5.13. The number of aromatic nitrogens is 1. The Bertz CT molecular complexity index is 380. The summed E-state index contributed by atoms with van der Waals surface area (Å²) >= 11 is 0. The van der Waals surface area contributed by atoms with Gasteiger partial charge in [-0.3, -0.25) is 4.79 Å². The Morgan fingerprint density at radius 1 is 1.33 bits per heavy atom. The van der Waals surface area contributed by atoms with Crippen LogP contribution in [0.5, 0.6) is 5.88 Å². The van der Waals surface area contributed by atoms with Gasteiger partial charge in [-0.1, -0.05) is 38.2 Å². The lowest BCUT2D eigenvalue weighted by Gasteiger charge is -2.20. The number of nitrogens with zero attached hydrogens (tertiary/aromatic N) is 1. The Labute approximate surface area is 109 Å². The summed E-state index contributed by atoms with van der Waals surface area (Å²) < 4.78 is 5.00. The Kier molecular flexibility index (Phi) is 4.73. The summed E-state index contributed by atoms with van der Waals surface area (Å²) in [7, 11) is 1.59. The molecule has 1 aliphatic carbocycles. The molecule has 98 valence electrons. The van der Waals surface area contributed by atoms with Crippen LogP contribution in [-0.2, 0) is 11.2 Å². The van der Waals surface area contributed by atoms with E-state index in [-0.39, 0.29) is 0 Å². The van der Waals surface area contributed by atoms with Gasteiger partial charge in [0.1, 0.15) is 5.78 Å². The second-order valence-electron chi connectivity index (χ2n) is 5.13. The highest BCUT2D eigenvalue weighted by molar-refractivity contribution is 5.81. The number of ketones is 1. The van der Waals surface area contributed by atoms with Gasteiger partial charge in [0.2, 0.25) is 5.88 Å². The van der Waals surface area contributed by atoms with Crippen LogP contribution < -0.4 is 4.74 Å². The summed E-state index contributed by atoms with van der Waals surface area (Å²) in [5, 5.41) is 0. The molecule has 0 bridgehead atoms. The van der Waals surface area contributed by atoms with Crippen LogP contribution in [0.1, 0.15) is 44.1 Å². The number of rotatable bonds is 5. The molecule has 0 amide bonds. The minimum atomic E-state index is 0.342. The van der Waals surface area contributed by atoms with Crippen LogP contribution in [0.25, 0.3) is 0 Å². The van der Waals surface area contributed by atoms with Gasteiger partial charge in [0.05, 0.1) is 7.11 Å². The van der Waals surface area contributed by atoms with Crippen molar-refractivity contribution in [1.29, 1.82) is 0 Å². The first-order valence-corrected chi connectivity index (χ1v) is 6.78. The molecule has 0 radical (unpaired) electrons. The van der Waals surface area contributed by atoms with Crippen LogP contribution in [0, 0.1) is 5.92 Å². The first-order chi connectivity index (χ1) is 8.78. The van der Waals surface area contributed by atoms with E-state index in [1.165, 1.54) is 32.1 Å². The fourth-order valence-electron chi connectivity index (χ4n) is 2.65. The van der Waals surface area contributed by atoms with Crippen LogP contribution in [0.2, 0.25) is 0 Å². The van der Waals surface area contributed by atoms with Gasteiger partial charge in [-0.2, -0.15) is 0 Å². The van der Waals surface area contributed by atoms with E-state index in [0.29, 0.717) is 24.0 Å². The van der Waals surface area contributed by atoms with Crippen molar-refractivity contribution in [3.63, 3.8) is 0 Å². The smallest absolute Gasteiger partial charge is 0.212 e. The summed E-state index contributed by atoms with van der Waals surface area (Å²) in [5.41, 5.74) is 0.983. The zero-order valence-corrected chi connectivity index (χ0v) is 11.0. The third kappa shape index (κ3) is 3.83. The monoisotopic (exact) mass is 247 g/mol. The Morgan fingerprint density at radius 3 is 2.72 bits per heavy atom. The quantitative estimate of drug-likeness (QED) is 0.802. The molecule has 3 heteroatoms. The first kappa shape index (κ1) is 13.1. The van der Waals surface area contributed by atoms with E-state index >= 15 is 0 Å². The van der Waals surface area contributed by atoms with Gasteiger partial charge >= 0.3 is 0 Å². The molecule has 1 aromatic rings. The van der Waals surface area contributed by atoms with E-state index < -0.39 is 0 Å². The van der Waals surface area contributed by atoms with Crippen molar-refractivity contribution < 1.29 is 9.53 Å². The summed E-state index contributed by atoms with van der Waals surface area (Å²) in [5.74, 6) is 1.56. The van der Waals surface area contributed by atoms with Crippen LogP contribution in [0.3, 0.4) is 0 Å². The maximum absolute atomic E-state index is 12.0. The standard InChI is InChI=1S/C15H21NO2/c1-18-15-8-7-13(11-16-15)10-14(17)9-12-5-3-2-4-6-12/h7-8,11-12H,2-6,9-10H2,1H3. The number of methoxy groups -OCH3 is 1. The maximum atomic E-state index is 12.0. The summed E-state index contributed by atoms with van der Waals surface area (Å²) in [6.45, 7) is 0. The normalized spacial score (nSPS) is 16.5. The Balaban J connectivity index is 1.82. The number of hydrogen-bond donors (Lipinski definition) is 0. The minimum Gasteiger partial charge on any atom is -0.481 e. The van der Waals surface area contributed by atoms with Gasteiger partial charge in [-0.05, 0) is 11.5 Å². The number of hydrogen-bond acceptors (Lipinski definition) is 3. The van der Waals surface area contributed by atoms with Crippen molar-refractivity contribution >= 4 is 5.78 Å². The lowest BCUT2D eigenvalue weighted by molar-refractivity contribution is -0.119. The van der Waals surface area contributed by atoms with Gasteiger partial charge < -0.3 is 4.74 Å². The first-order valence-electron chi connectivity index (χ1n) is 6.78. The molecule has 0 N–H and O–H groups in total. The Hall–Kier alpha value is -1.38. The lowest BCUT2D eigenvalue weighted by Crippen LogP contribution is -2.13. The minimum absolute atomic E-state index is 0.342. The van der Waals surface area contributed by atoms with Crippen LogP contribution in [0.4, 0.5) is 0 Å². The summed E-state index contributed by atoms with van der Waals surface area (Å²) in [4.78, 5) is 16.1. The van der Waals surface area contributed by atoms with Gasteiger partial charge in [-0.15, -0.1) is 0 Å². The molecule has 1 aliphatic rings. The van der Waals surface area contributed by atoms with Crippen molar-refractivity contribution in [2.45, 2.75) is 44.9 Å². The molecule has 1 aromatic heterocycles. The number of pyridine rings is 1. The fraction of sp³-hybridized carbons (Fsp3) is 0.600. The highest BCUT2D eigenvalue weighted by Gasteiger charge is 2.17. The topological polar surface area (TPSA) is 39.2 Å². The van der Waals surface area contributed by atoms with Gasteiger partial charge in [0.25, 0.3) is 0 Å². The number of carbonyl (C=O) groups excluding carboxylic acids is 1. The molecule has 0 atom stereocenters. The predicted molar refractivity (Wildman–Crippen MR) is 70.7 cm³/mol. The van der Waals surface area contributed by atoms with Crippen molar-refractivity contribution in [3.05, 3.63) is 23.9 Å². The van der Waals surface area contributed by atoms with Gasteiger partial charge in [0.15, 0.2) is 0 Å². The Morgan fingerprint density at radius 2 is 2.11 bits per heavy atom. The van der Waals surface area contributed by atoms with Gasteiger partial charge in [-0.25, -0.2) is 4.98 Å². The van der Waals surface area contributed by atoms with Crippen molar-refractivity contribution in [2.24, 2.45) is 5.92 Å². The zero-order chi connectivity index (χ0) is 12.8. The van der Waals surface area contributed by atoms with E-state index in [1.807, 2.05) is 12.1 Å². The second kappa shape index (κ2) is 6.53. The highest BCUT2D eigenvalue weighted by Crippen LogP contribution is 2.26. The number of Topliss-reactive ketones (excluding diaryl/α,β-unsaturated/α-hetero) is 1. The van der Waals surface area contributed by atoms with E-state index in [2.05, 4.69) is 4.98 Å². The van der Waals surface area contributed by atoms with E-state index in [0.717, 1.165) is 12.0 Å². The average molecular weight is 247 g/mol. The van der Waals surface area contributed by atoms with Crippen LogP contribution >= 0.6 is 0 Å². The summed E-state index contributed by atoms with van der Waals surface area (Å²) in [6.07, 6.45) is 9.37. The van der Waals surface area contributed by atoms with E-state index in [1.54, 1.807) is 13.3 Å². The molecule has 1 saturated carbocycles. The van der Waals surface area contributed by atoms with Crippen molar-refractivity contribution in [3.8, 4) is 5.88 Å². The predicted octanol–water partition coefficient (Wildman–Crippen LogP) is 3.17. The molecule has 1 fully saturated rings. The van der Waals surface area contributed by atoms with Crippen molar-refractivity contribution in [1.82, 2.24) is 4.98 Å². The molecular weight excluding hydrogens is 226 g/mol. The molecular formula is C15H21NO2. The third-order valence-electron chi connectivity index (χ3n) is 3.65. The van der Waals surface area contributed by atoms with E-state index in [4.69, 9.17) is 4.74 Å². The largest absolute Gasteiger partial charge is 0.481 e. The molecule has 0 saturated heterocycles. The number of carbonyl (C=O) groups is 1. The lowest BCUT2D eigenvalue weighted by atomic mass is 9.85. The van der Waals surface area contributed by atoms with Crippen molar-refractivity contribution in [2.75, 3.05) is 7.11 Å². The molecule has 2 rings (SSSR count). The third-order valence-corrected chi connectivity index (χ3v) is 3.65. The summed E-state index contributed by atoms with van der Waals surface area (Å²) in [6, 6.07) is 3.73. The molecule has 18 heavy (non-hydrogen) atoms. The molecule has 0 aliphatic heterocycles. The molecule has 0 spiro atoms. The van der Waals surface area contributed by atoms with E-state index in [9.17, 15) is 4.79 Å². The SMILES string of the molecule is COc1ccc(CC(=O)CC2CCCCC2)cn1. The van der Waals surface area contributed by atoms with Crippen LogP contribution in [-0.4, -0.2) is 17.9 Å². The molecule has 1 heterocycles.